The van der Waals surface area contributed by atoms with E-state index in [0.717, 1.165) is 19.1 Å². The summed E-state index contributed by atoms with van der Waals surface area (Å²) < 4.78 is 10.4. The van der Waals surface area contributed by atoms with E-state index in [9.17, 15) is 9.59 Å². The highest BCUT2D eigenvalue weighted by molar-refractivity contribution is 5.90. The SMILES string of the molecule is CCCOCCOCCNNOC(=O)/C=C\C(=O)O. The molecule has 0 bridgehead atoms. The first-order chi connectivity index (χ1) is 9.16. The number of hydrogen-bond acceptors (Lipinski definition) is 7. The predicted octanol–water partition coefficient (Wildman–Crippen LogP) is -0.377. The number of carbonyl (C=O) groups is 2. The molecule has 0 aliphatic carbocycles. The molecule has 0 heterocycles. The fourth-order valence-corrected chi connectivity index (χ4v) is 0.900. The van der Waals surface area contributed by atoms with E-state index < -0.39 is 11.9 Å². The zero-order valence-electron chi connectivity index (χ0n) is 10.9. The van der Waals surface area contributed by atoms with Crippen molar-refractivity contribution in [2.24, 2.45) is 0 Å². The molecule has 0 atom stereocenters. The second-order valence-electron chi connectivity index (χ2n) is 3.35. The first-order valence-electron chi connectivity index (χ1n) is 5.92. The zero-order chi connectivity index (χ0) is 14.3. The number of aliphatic carboxylic acids is 1. The van der Waals surface area contributed by atoms with Gasteiger partial charge in [0.05, 0.1) is 19.8 Å². The summed E-state index contributed by atoms with van der Waals surface area (Å²) in [6.45, 7) is 4.65. The van der Waals surface area contributed by atoms with Crippen LogP contribution in [0.5, 0.6) is 0 Å². The minimum Gasteiger partial charge on any atom is -0.478 e. The molecule has 8 heteroatoms. The van der Waals surface area contributed by atoms with Gasteiger partial charge in [0.1, 0.15) is 0 Å². The van der Waals surface area contributed by atoms with E-state index in [-0.39, 0.29) is 0 Å². The van der Waals surface area contributed by atoms with Gasteiger partial charge in [0.25, 0.3) is 0 Å². The van der Waals surface area contributed by atoms with Gasteiger partial charge in [0.15, 0.2) is 0 Å². The van der Waals surface area contributed by atoms with Crippen molar-refractivity contribution in [1.29, 1.82) is 0 Å². The van der Waals surface area contributed by atoms with Crippen LogP contribution in [0.4, 0.5) is 0 Å². The molecule has 0 saturated heterocycles. The maximum atomic E-state index is 10.9. The van der Waals surface area contributed by atoms with Crippen molar-refractivity contribution >= 4 is 11.9 Å². The zero-order valence-corrected chi connectivity index (χ0v) is 10.9. The molecule has 19 heavy (non-hydrogen) atoms. The molecule has 0 aromatic rings. The van der Waals surface area contributed by atoms with Gasteiger partial charge < -0.3 is 19.4 Å². The number of carboxylic acid groups (broad SMARTS) is 1. The molecule has 0 amide bonds. The van der Waals surface area contributed by atoms with Crippen molar-refractivity contribution in [3.05, 3.63) is 12.2 Å². The maximum Gasteiger partial charge on any atom is 0.350 e. The van der Waals surface area contributed by atoms with Crippen LogP contribution in [0.3, 0.4) is 0 Å². The van der Waals surface area contributed by atoms with E-state index in [0.29, 0.717) is 32.4 Å². The van der Waals surface area contributed by atoms with Crippen molar-refractivity contribution in [3.63, 3.8) is 0 Å². The Labute approximate surface area is 111 Å². The summed E-state index contributed by atoms with van der Waals surface area (Å²) in [5, 5.41) is 8.25. The molecule has 0 unspecified atom stereocenters. The van der Waals surface area contributed by atoms with Gasteiger partial charge in [-0.05, 0) is 6.42 Å². The number of hydrazine groups is 1. The number of carbonyl (C=O) groups excluding carboxylic acids is 1. The first-order valence-corrected chi connectivity index (χ1v) is 5.92. The van der Waals surface area contributed by atoms with Gasteiger partial charge in [-0.3, -0.25) is 0 Å². The van der Waals surface area contributed by atoms with E-state index in [2.05, 4.69) is 15.9 Å². The van der Waals surface area contributed by atoms with Crippen LogP contribution >= 0.6 is 0 Å². The van der Waals surface area contributed by atoms with Gasteiger partial charge in [0.2, 0.25) is 0 Å². The van der Waals surface area contributed by atoms with E-state index in [4.69, 9.17) is 14.6 Å². The Morgan fingerprint density at radius 2 is 1.79 bits per heavy atom. The minimum atomic E-state index is -1.22. The van der Waals surface area contributed by atoms with Gasteiger partial charge >= 0.3 is 11.9 Å². The molecule has 8 nitrogen and oxygen atoms in total. The highest BCUT2D eigenvalue weighted by Gasteiger charge is 1.97. The maximum absolute atomic E-state index is 10.9. The molecule has 0 spiro atoms. The van der Waals surface area contributed by atoms with E-state index in [1.54, 1.807) is 0 Å². The largest absolute Gasteiger partial charge is 0.478 e. The molecule has 3 N–H and O–H groups in total. The monoisotopic (exact) mass is 276 g/mol. The average Bonchev–Trinajstić information content (AvgIpc) is 2.38. The highest BCUT2D eigenvalue weighted by Crippen LogP contribution is 1.81. The van der Waals surface area contributed by atoms with Crippen LogP contribution < -0.4 is 11.0 Å². The van der Waals surface area contributed by atoms with Gasteiger partial charge in [-0.15, -0.1) is 0 Å². The topological polar surface area (TPSA) is 106 Å². The third-order valence-electron chi connectivity index (χ3n) is 1.68. The van der Waals surface area contributed by atoms with Gasteiger partial charge in [-0.25, -0.2) is 15.0 Å². The second kappa shape index (κ2) is 13.0. The fourth-order valence-electron chi connectivity index (χ4n) is 0.900. The summed E-state index contributed by atoms with van der Waals surface area (Å²) >= 11 is 0. The number of rotatable bonds is 12. The number of ether oxygens (including phenoxy) is 2. The average molecular weight is 276 g/mol. The molecule has 0 rings (SSSR count). The van der Waals surface area contributed by atoms with Crippen LogP contribution in [-0.2, 0) is 23.9 Å². The Balaban J connectivity index is 3.22. The number of hydrogen-bond donors (Lipinski definition) is 3. The third kappa shape index (κ3) is 14.5. The van der Waals surface area contributed by atoms with Crippen molar-refractivity contribution in [1.82, 2.24) is 11.0 Å². The summed E-state index contributed by atoms with van der Waals surface area (Å²) in [6, 6.07) is 0. The van der Waals surface area contributed by atoms with Gasteiger partial charge in [0, 0.05) is 25.3 Å². The van der Waals surface area contributed by atoms with Gasteiger partial charge in [-0.1, -0.05) is 12.5 Å². The first kappa shape index (κ1) is 17.5. The molecular formula is C11H20N2O6. The lowest BCUT2D eigenvalue weighted by molar-refractivity contribution is -0.148. The Bertz CT molecular complexity index is 282. The lowest BCUT2D eigenvalue weighted by Crippen LogP contribution is -2.36. The normalized spacial score (nSPS) is 10.8. The third-order valence-corrected chi connectivity index (χ3v) is 1.68. The highest BCUT2D eigenvalue weighted by atomic mass is 16.7. The summed E-state index contributed by atoms with van der Waals surface area (Å²) in [5.41, 5.74) is 4.73. The van der Waals surface area contributed by atoms with Crippen LogP contribution in [0.15, 0.2) is 12.2 Å². The van der Waals surface area contributed by atoms with Gasteiger partial charge in [-0.2, -0.15) is 0 Å². The van der Waals surface area contributed by atoms with Crippen LogP contribution in [0.1, 0.15) is 13.3 Å². The molecule has 0 radical (unpaired) electrons. The number of carboxylic acids is 1. The van der Waals surface area contributed by atoms with E-state index in [1.165, 1.54) is 0 Å². The smallest absolute Gasteiger partial charge is 0.350 e. The number of nitrogens with one attached hydrogen (secondary N) is 2. The Hall–Kier alpha value is -1.48. The molecule has 0 fully saturated rings. The molecular weight excluding hydrogens is 256 g/mol. The summed E-state index contributed by atoms with van der Waals surface area (Å²) in [6.07, 6.45) is 2.45. The summed E-state index contributed by atoms with van der Waals surface area (Å²) in [5.74, 6) is -2.03. The second-order valence-corrected chi connectivity index (χ2v) is 3.35. The quantitative estimate of drug-likeness (QED) is 0.252. The molecule has 0 aromatic carbocycles. The van der Waals surface area contributed by atoms with Crippen LogP contribution in [0, 0.1) is 0 Å². The van der Waals surface area contributed by atoms with E-state index >= 15 is 0 Å². The Kier molecular flexibility index (Phi) is 12.0. The van der Waals surface area contributed by atoms with Crippen molar-refractivity contribution < 1.29 is 29.0 Å². The summed E-state index contributed by atoms with van der Waals surface area (Å²) in [4.78, 5) is 25.4. The molecule has 110 valence electrons. The van der Waals surface area contributed by atoms with Crippen molar-refractivity contribution in [2.75, 3.05) is 33.0 Å². The lowest BCUT2D eigenvalue weighted by atomic mass is 10.5. The summed E-state index contributed by atoms with van der Waals surface area (Å²) in [7, 11) is 0. The lowest BCUT2D eigenvalue weighted by Gasteiger charge is -2.07. The molecule has 0 aliphatic rings. The van der Waals surface area contributed by atoms with Crippen LogP contribution in [0.2, 0.25) is 0 Å². The van der Waals surface area contributed by atoms with Crippen LogP contribution in [0.25, 0.3) is 0 Å². The standard InChI is InChI=1S/C11H20N2O6/c1-2-6-17-8-9-18-7-5-12-13-19-11(16)4-3-10(14)15/h3-4,12-13H,2,5-9H2,1H3,(H,14,15)/b4-3-. The Morgan fingerprint density at radius 3 is 2.42 bits per heavy atom. The van der Waals surface area contributed by atoms with Crippen LogP contribution in [-0.4, -0.2) is 50.0 Å². The van der Waals surface area contributed by atoms with Crippen molar-refractivity contribution in [2.45, 2.75) is 13.3 Å². The fraction of sp³-hybridized carbons (Fsp3) is 0.636. The predicted molar refractivity (Wildman–Crippen MR) is 65.9 cm³/mol. The molecule has 0 saturated carbocycles. The molecule has 0 aliphatic heterocycles. The van der Waals surface area contributed by atoms with E-state index in [1.807, 2.05) is 6.92 Å². The van der Waals surface area contributed by atoms with Crippen molar-refractivity contribution in [3.8, 4) is 0 Å². The Morgan fingerprint density at radius 1 is 1.11 bits per heavy atom. The molecule has 0 aromatic heterocycles. The minimum absolute atomic E-state index is 0.420.